The second kappa shape index (κ2) is 6.41. The Kier molecular flexibility index (Phi) is 4.60. The molecule has 1 aromatic carbocycles. The molecular formula is C14H16ClN3O. The van der Waals surface area contributed by atoms with Gasteiger partial charge in [-0.3, -0.25) is 4.98 Å². The number of rotatable bonds is 5. The number of benzene rings is 1. The largest absolute Gasteiger partial charge is 0.494 e. The maximum atomic E-state index is 6.05. The van der Waals surface area contributed by atoms with Gasteiger partial charge in [-0.25, -0.2) is 0 Å². The molecule has 0 unspecified atom stereocenters. The molecule has 0 radical (unpaired) electrons. The van der Waals surface area contributed by atoms with Crippen LogP contribution in [0.4, 0.5) is 11.4 Å². The van der Waals surface area contributed by atoms with Gasteiger partial charge in [-0.05, 0) is 31.2 Å². The number of nitrogens with zero attached hydrogens (tertiary/aromatic N) is 1. The van der Waals surface area contributed by atoms with Gasteiger partial charge < -0.3 is 15.8 Å². The van der Waals surface area contributed by atoms with E-state index in [4.69, 9.17) is 22.1 Å². The van der Waals surface area contributed by atoms with Gasteiger partial charge in [0.25, 0.3) is 0 Å². The Hall–Kier alpha value is -1.78. The number of nitrogens with one attached hydrogen (secondary N) is 1. The summed E-state index contributed by atoms with van der Waals surface area (Å²) in [4.78, 5) is 3.95. The first kappa shape index (κ1) is 13.6. The van der Waals surface area contributed by atoms with Gasteiger partial charge >= 0.3 is 0 Å². The minimum atomic E-state index is 0.426. The third kappa shape index (κ3) is 3.36. The van der Waals surface area contributed by atoms with E-state index in [1.807, 2.05) is 31.2 Å². The topological polar surface area (TPSA) is 60.2 Å². The van der Waals surface area contributed by atoms with Crippen molar-refractivity contribution in [2.24, 2.45) is 5.73 Å². The minimum absolute atomic E-state index is 0.426. The lowest BCUT2D eigenvalue weighted by atomic mass is 10.1. The van der Waals surface area contributed by atoms with Crippen molar-refractivity contribution < 1.29 is 4.74 Å². The van der Waals surface area contributed by atoms with Crippen LogP contribution in [0.3, 0.4) is 0 Å². The number of nitrogens with two attached hydrogens (primary N) is 1. The minimum Gasteiger partial charge on any atom is -0.494 e. The van der Waals surface area contributed by atoms with Crippen molar-refractivity contribution in [2.45, 2.75) is 13.5 Å². The van der Waals surface area contributed by atoms with Crippen molar-refractivity contribution >= 4 is 23.0 Å². The van der Waals surface area contributed by atoms with Crippen molar-refractivity contribution in [2.75, 3.05) is 11.9 Å². The van der Waals surface area contributed by atoms with Crippen LogP contribution in [-0.4, -0.2) is 11.6 Å². The van der Waals surface area contributed by atoms with Crippen LogP contribution < -0.4 is 15.8 Å². The summed E-state index contributed by atoms with van der Waals surface area (Å²) in [5.74, 6) is 0.816. The fourth-order valence-electron chi connectivity index (χ4n) is 1.75. The predicted molar refractivity (Wildman–Crippen MR) is 78.0 cm³/mol. The number of anilines is 2. The Morgan fingerprint density at radius 3 is 2.89 bits per heavy atom. The van der Waals surface area contributed by atoms with Crippen molar-refractivity contribution in [1.29, 1.82) is 0 Å². The predicted octanol–water partition coefficient (Wildman–Crippen LogP) is 3.34. The Morgan fingerprint density at radius 1 is 1.37 bits per heavy atom. The lowest BCUT2D eigenvalue weighted by molar-refractivity contribution is 0.336. The van der Waals surface area contributed by atoms with Crippen LogP contribution in [0.5, 0.6) is 5.75 Å². The van der Waals surface area contributed by atoms with Crippen molar-refractivity contribution in [1.82, 2.24) is 4.98 Å². The number of pyridine rings is 1. The smallest absolute Gasteiger partial charge is 0.123 e. The highest BCUT2D eigenvalue weighted by Crippen LogP contribution is 2.27. The highest BCUT2D eigenvalue weighted by molar-refractivity contribution is 6.33. The van der Waals surface area contributed by atoms with Gasteiger partial charge in [-0.1, -0.05) is 11.6 Å². The van der Waals surface area contributed by atoms with Crippen LogP contribution in [0.1, 0.15) is 12.5 Å². The first-order valence-corrected chi connectivity index (χ1v) is 6.44. The van der Waals surface area contributed by atoms with Crippen LogP contribution >= 0.6 is 11.6 Å². The monoisotopic (exact) mass is 277 g/mol. The quantitative estimate of drug-likeness (QED) is 0.880. The van der Waals surface area contributed by atoms with Gasteiger partial charge in [-0.15, -0.1) is 0 Å². The molecule has 0 atom stereocenters. The maximum absolute atomic E-state index is 6.05. The molecule has 0 aliphatic rings. The Labute approximate surface area is 117 Å². The Morgan fingerprint density at radius 2 is 2.21 bits per heavy atom. The average molecular weight is 278 g/mol. The molecule has 0 amide bonds. The number of hydrogen-bond donors (Lipinski definition) is 2. The molecular weight excluding hydrogens is 262 g/mol. The van der Waals surface area contributed by atoms with Gasteiger partial charge in [0.15, 0.2) is 0 Å². The van der Waals surface area contributed by atoms with Crippen LogP contribution in [0.2, 0.25) is 5.02 Å². The average Bonchev–Trinajstić information content (AvgIpc) is 2.43. The first-order chi connectivity index (χ1) is 9.24. The summed E-state index contributed by atoms with van der Waals surface area (Å²) in [6.45, 7) is 2.99. The molecule has 0 aliphatic carbocycles. The second-order valence-electron chi connectivity index (χ2n) is 3.94. The number of ether oxygens (including phenoxy) is 1. The molecule has 2 aromatic rings. The zero-order valence-corrected chi connectivity index (χ0v) is 11.4. The van der Waals surface area contributed by atoms with Crippen LogP contribution in [0, 0.1) is 0 Å². The highest BCUT2D eigenvalue weighted by atomic mass is 35.5. The molecule has 2 rings (SSSR count). The van der Waals surface area contributed by atoms with Crippen molar-refractivity contribution in [3.05, 3.63) is 47.2 Å². The molecule has 0 saturated carbocycles. The lowest BCUT2D eigenvalue weighted by Crippen LogP contribution is -2.03. The lowest BCUT2D eigenvalue weighted by Gasteiger charge is -2.12. The molecule has 0 bridgehead atoms. The van der Waals surface area contributed by atoms with Crippen molar-refractivity contribution in [3.63, 3.8) is 0 Å². The Balaban J connectivity index is 2.24. The number of hydrogen-bond acceptors (Lipinski definition) is 4. The van der Waals surface area contributed by atoms with Crippen LogP contribution in [-0.2, 0) is 6.54 Å². The summed E-state index contributed by atoms with van der Waals surface area (Å²) in [6, 6.07) is 7.62. The van der Waals surface area contributed by atoms with Crippen molar-refractivity contribution in [3.8, 4) is 5.75 Å². The van der Waals surface area contributed by atoms with E-state index in [9.17, 15) is 0 Å². The molecule has 0 aliphatic heterocycles. The molecule has 19 heavy (non-hydrogen) atoms. The first-order valence-electron chi connectivity index (χ1n) is 6.07. The molecule has 0 fully saturated rings. The molecule has 100 valence electrons. The summed E-state index contributed by atoms with van der Waals surface area (Å²) in [6.07, 6.45) is 3.29. The van der Waals surface area contributed by atoms with Gasteiger partial charge in [0, 0.05) is 30.2 Å². The zero-order chi connectivity index (χ0) is 13.7. The SMILES string of the molecule is CCOc1ccc(Nc2ccncc2Cl)cc1CN. The summed E-state index contributed by atoms with van der Waals surface area (Å²) in [7, 11) is 0. The summed E-state index contributed by atoms with van der Waals surface area (Å²) >= 11 is 6.05. The molecule has 4 nitrogen and oxygen atoms in total. The highest BCUT2D eigenvalue weighted by Gasteiger charge is 2.05. The van der Waals surface area contributed by atoms with E-state index < -0.39 is 0 Å². The zero-order valence-electron chi connectivity index (χ0n) is 10.7. The third-order valence-electron chi connectivity index (χ3n) is 2.63. The van der Waals surface area contributed by atoms with E-state index in [2.05, 4.69) is 10.3 Å². The van der Waals surface area contributed by atoms with E-state index in [0.717, 1.165) is 22.7 Å². The molecule has 3 N–H and O–H groups in total. The van der Waals surface area contributed by atoms with Gasteiger partial charge in [-0.2, -0.15) is 0 Å². The van der Waals surface area contributed by atoms with Gasteiger partial charge in [0.1, 0.15) is 5.75 Å². The second-order valence-corrected chi connectivity index (χ2v) is 4.35. The van der Waals surface area contributed by atoms with Gasteiger partial charge in [0.2, 0.25) is 0 Å². The molecule has 1 heterocycles. The maximum Gasteiger partial charge on any atom is 0.123 e. The number of halogens is 1. The standard InChI is InChI=1S/C14H16ClN3O/c1-2-19-14-4-3-11(7-10(14)8-16)18-13-5-6-17-9-12(13)15/h3-7,9H,2,8,16H2,1H3,(H,17,18). The van der Waals surface area contributed by atoms with Crippen LogP contribution in [0.15, 0.2) is 36.7 Å². The normalized spacial score (nSPS) is 10.3. The Bertz CT molecular complexity index is 560. The molecule has 0 spiro atoms. The van der Waals surface area contributed by atoms with E-state index in [1.165, 1.54) is 0 Å². The van der Waals surface area contributed by atoms with Crippen LogP contribution in [0.25, 0.3) is 0 Å². The van der Waals surface area contributed by atoms with E-state index in [-0.39, 0.29) is 0 Å². The fraction of sp³-hybridized carbons (Fsp3) is 0.214. The number of aromatic nitrogens is 1. The summed E-state index contributed by atoms with van der Waals surface area (Å²) in [5.41, 5.74) is 8.41. The fourth-order valence-corrected chi connectivity index (χ4v) is 1.91. The summed E-state index contributed by atoms with van der Waals surface area (Å²) < 4.78 is 5.51. The van der Waals surface area contributed by atoms with E-state index >= 15 is 0 Å². The van der Waals surface area contributed by atoms with E-state index in [0.29, 0.717) is 18.2 Å². The van der Waals surface area contributed by atoms with E-state index in [1.54, 1.807) is 12.4 Å². The third-order valence-corrected chi connectivity index (χ3v) is 2.93. The van der Waals surface area contributed by atoms with Gasteiger partial charge in [0.05, 0.1) is 17.3 Å². The molecule has 1 aromatic heterocycles. The summed E-state index contributed by atoms with van der Waals surface area (Å²) in [5, 5.41) is 3.81. The molecule has 5 heteroatoms. The molecule has 0 saturated heterocycles.